The predicted molar refractivity (Wildman–Crippen MR) is 120 cm³/mol. The van der Waals surface area contributed by atoms with Crippen LogP contribution < -0.4 is 10.2 Å². The molecule has 4 heterocycles. The SMILES string of the molecule is CC1(N2CCN(c3nc(C4CC4)nc(Nc4cc(C5CCC(F)(F)C5)[nH]n4)c3F)CC2)COC1. The summed E-state index contributed by atoms with van der Waals surface area (Å²) in [4.78, 5) is 13.5. The van der Waals surface area contributed by atoms with E-state index in [1.54, 1.807) is 6.07 Å². The van der Waals surface area contributed by atoms with Gasteiger partial charge in [-0.15, -0.1) is 0 Å². The average Bonchev–Trinajstić information content (AvgIpc) is 3.44. The van der Waals surface area contributed by atoms with Gasteiger partial charge in [-0.25, -0.2) is 18.7 Å². The van der Waals surface area contributed by atoms with Crippen molar-refractivity contribution in [1.29, 1.82) is 0 Å². The Morgan fingerprint density at radius 3 is 2.47 bits per heavy atom. The number of halogens is 3. The van der Waals surface area contributed by atoms with Crippen molar-refractivity contribution in [1.82, 2.24) is 25.1 Å². The summed E-state index contributed by atoms with van der Waals surface area (Å²) in [7, 11) is 0. The number of nitrogens with zero attached hydrogens (tertiary/aromatic N) is 5. The molecule has 1 atom stereocenters. The summed E-state index contributed by atoms with van der Waals surface area (Å²) in [5, 5.41) is 10.0. The Morgan fingerprint density at radius 1 is 1.09 bits per heavy atom. The molecule has 0 bridgehead atoms. The summed E-state index contributed by atoms with van der Waals surface area (Å²) < 4.78 is 48.3. The van der Waals surface area contributed by atoms with Crippen molar-refractivity contribution in [2.45, 2.75) is 62.3 Å². The lowest BCUT2D eigenvalue weighted by Crippen LogP contribution is -2.64. The molecule has 2 aliphatic heterocycles. The second-order valence-electron chi connectivity index (χ2n) is 10.4. The molecule has 0 aromatic carbocycles. The topological polar surface area (TPSA) is 82.2 Å². The summed E-state index contributed by atoms with van der Waals surface area (Å²) >= 11 is 0. The maximum Gasteiger partial charge on any atom is 0.248 e. The predicted octanol–water partition coefficient (Wildman–Crippen LogP) is 3.77. The van der Waals surface area contributed by atoms with Crippen molar-refractivity contribution in [3.05, 3.63) is 23.4 Å². The van der Waals surface area contributed by atoms with Gasteiger partial charge in [-0.2, -0.15) is 9.49 Å². The first-order valence-corrected chi connectivity index (χ1v) is 12.1. The number of aromatic amines is 1. The monoisotopic (exact) mass is 477 g/mol. The molecule has 2 N–H and O–H groups in total. The van der Waals surface area contributed by atoms with Gasteiger partial charge < -0.3 is 15.0 Å². The first kappa shape index (κ1) is 22.1. The maximum atomic E-state index is 15.6. The number of hydrogen-bond donors (Lipinski definition) is 2. The third-order valence-electron chi connectivity index (χ3n) is 7.65. The third-order valence-corrected chi connectivity index (χ3v) is 7.65. The Morgan fingerprint density at radius 2 is 1.85 bits per heavy atom. The Balaban J connectivity index is 1.21. The zero-order chi connectivity index (χ0) is 23.5. The van der Waals surface area contributed by atoms with Gasteiger partial charge in [0.25, 0.3) is 0 Å². The van der Waals surface area contributed by atoms with Crippen LogP contribution in [0, 0.1) is 5.82 Å². The van der Waals surface area contributed by atoms with Gasteiger partial charge in [-0.05, 0) is 26.2 Å². The Hall–Kier alpha value is -2.40. The van der Waals surface area contributed by atoms with Gasteiger partial charge >= 0.3 is 0 Å². The molecule has 184 valence electrons. The summed E-state index contributed by atoms with van der Waals surface area (Å²) in [6, 6.07) is 1.68. The number of H-pyrrole nitrogens is 1. The van der Waals surface area contributed by atoms with Crippen LogP contribution in [0.15, 0.2) is 6.07 Å². The molecule has 4 aliphatic rings. The highest BCUT2D eigenvalue weighted by Gasteiger charge is 2.42. The molecule has 2 aromatic heterocycles. The molecule has 11 heteroatoms. The largest absolute Gasteiger partial charge is 0.377 e. The number of nitrogens with one attached hydrogen (secondary N) is 2. The zero-order valence-electron chi connectivity index (χ0n) is 19.3. The Labute approximate surface area is 196 Å². The zero-order valence-corrected chi connectivity index (χ0v) is 19.3. The van der Waals surface area contributed by atoms with Gasteiger partial charge in [0.2, 0.25) is 11.7 Å². The molecule has 1 unspecified atom stereocenters. The smallest absolute Gasteiger partial charge is 0.248 e. The van der Waals surface area contributed by atoms with E-state index in [1.807, 2.05) is 4.90 Å². The molecule has 2 saturated carbocycles. The van der Waals surface area contributed by atoms with Gasteiger partial charge in [0, 0.05) is 62.6 Å². The minimum absolute atomic E-state index is 0.0726. The van der Waals surface area contributed by atoms with Gasteiger partial charge in [0.15, 0.2) is 17.5 Å². The van der Waals surface area contributed by atoms with Gasteiger partial charge in [-0.3, -0.25) is 10.00 Å². The van der Waals surface area contributed by atoms with Crippen LogP contribution in [0.25, 0.3) is 0 Å². The van der Waals surface area contributed by atoms with E-state index in [4.69, 9.17) is 4.74 Å². The molecule has 4 fully saturated rings. The lowest BCUT2D eigenvalue weighted by Gasteiger charge is -2.50. The second kappa shape index (κ2) is 8.08. The fourth-order valence-corrected chi connectivity index (χ4v) is 5.25. The van der Waals surface area contributed by atoms with Crippen molar-refractivity contribution in [2.24, 2.45) is 0 Å². The van der Waals surface area contributed by atoms with Crippen molar-refractivity contribution in [2.75, 3.05) is 49.6 Å². The summed E-state index contributed by atoms with van der Waals surface area (Å²) in [6.07, 6.45) is 2.10. The van der Waals surface area contributed by atoms with E-state index in [1.165, 1.54) is 0 Å². The Kier molecular flexibility index (Phi) is 5.25. The molecule has 34 heavy (non-hydrogen) atoms. The minimum Gasteiger partial charge on any atom is -0.377 e. The molecule has 2 aliphatic carbocycles. The summed E-state index contributed by atoms with van der Waals surface area (Å²) in [5.74, 6) is -1.74. The van der Waals surface area contributed by atoms with E-state index in [9.17, 15) is 8.78 Å². The molecule has 0 spiro atoms. The van der Waals surface area contributed by atoms with Gasteiger partial charge in [0.1, 0.15) is 5.82 Å². The number of rotatable bonds is 6. The lowest BCUT2D eigenvalue weighted by atomic mass is 9.97. The van der Waals surface area contributed by atoms with Crippen LogP contribution in [0.2, 0.25) is 0 Å². The fourth-order valence-electron chi connectivity index (χ4n) is 5.25. The van der Waals surface area contributed by atoms with Crippen LogP contribution >= 0.6 is 0 Å². The quantitative estimate of drug-likeness (QED) is 0.655. The molecule has 6 rings (SSSR count). The molecule has 2 saturated heterocycles. The second-order valence-corrected chi connectivity index (χ2v) is 10.4. The van der Waals surface area contributed by atoms with E-state index in [0.717, 1.165) is 39.1 Å². The minimum atomic E-state index is -2.64. The van der Waals surface area contributed by atoms with Crippen LogP contribution in [-0.4, -0.2) is 75.9 Å². The van der Waals surface area contributed by atoms with E-state index in [0.29, 0.717) is 42.7 Å². The van der Waals surface area contributed by atoms with Gasteiger partial charge in [0.05, 0.1) is 18.8 Å². The molecular weight excluding hydrogens is 447 g/mol. The number of hydrogen-bond acceptors (Lipinski definition) is 7. The highest BCUT2D eigenvalue weighted by molar-refractivity contribution is 5.59. The van der Waals surface area contributed by atoms with Crippen molar-refractivity contribution >= 4 is 17.5 Å². The number of aromatic nitrogens is 4. The van der Waals surface area contributed by atoms with E-state index < -0.39 is 11.7 Å². The first-order valence-electron chi connectivity index (χ1n) is 12.1. The number of piperazine rings is 1. The summed E-state index contributed by atoms with van der Waals surface area (Å²) in [5.41, 5.74) is 0.713. The van der Waals surface area contributed by atoms with Crippen LogP contribution in [0.1, 0.15) is 62.4 Å². The first-order chi connectivity index (χ1) is 16.3. The van der Waals surface area contributed by atoms with E-state index >= 15 is 4.39 Å². The third kappa shape index (κ3) is 4.13. The standard InChI is InChI=1S/C23H30F3N7O/c1-22(12-34-13-22)33-8-6-32(7-9-33)21-18(24)20(28-19(29-21)14-2-3-14)27-17-10-16(30-31-17)15-4-5-23(25,26)11-15/h10,14-15H,2-9,11-13H2,1H3,(H2,27,28,29,30,31). The van der Waals surface area contributed by atoms with Crippen LogP contribution in [0.5, 0.6) is 0 Å². The van der Waals surface area contributed by atoms with Crippen LogP contribution in [-0.2, 0) is 4.74 Å². The maximum absolute atomic E-state index is 15.6. The van der Waals surface area contributed by atoms with E-state index in [-0.39, 0.29) is 36.0 Å². The van der Waals surface area contributed by atoms with Crippen molar-refractivity contribution in [3.8, 4) is 0 Å². The van der Waals surface area contributed by atoms with Crippen molar-refractivity contribution < 1.29 is 17.9 Å². The number of ether oxygens (including phenoxy) is 1. The molecule has 8 nitrogen and oxygen atoms in total. The summed E-state index contributed by atoms with van der Waals surface area (Å²) in [6.45, 7) is 6.66. The molecule has 0 radical (unpaired) electrons. The lowest BCUT2D eigenvalue weighted by molar-refractivity contribution is -0.131. The van der Waals surface area contributed by atoms with Crippen LogP contribution in [0.3, 0.4) is 0 Å². The number of alkyl halides is 2. The molecule has 2 aromatic rings. The Bertz CT molecular complexity index is 1060. The van der Waals surface area contributed by atoms with E-state index in [2.05, 4.69) is 37.3 Å². The van der Waals surface area contributed by atoms with Crippen molar-refractivity contribution in [3.63, 3.8) is 0 Å². The van der Waals surface area contributed by atoms with Crippen LogP contribution in [0.4, 0.5) is 30.6 Å². The highest BCUT2D eigenvalue weighted by Crippen LogP contribution is 2.44. The highest BCUT2D eigenvalue weighted by atomic mass is 19.3. The number of anilines is 3. The fraction of sp³-hybridized carbons (Fsp3) is 0.696. The normalized spacial score (nSPS) is 26.5. The molecular formula is C23H30F3N7O. The average molecular weight is 478 g/mol. The van der Waals surface area contributed by atoms with Gasteiger partial charge in [-0.1, -0.05) is 0 Å². The molecule has 0 amide bonds.